The normalized spacial score (nSPS) is 32.2. The summed E-state index contributed by atoms with van der Waals surface area (Å²) < 4.78 is 0. The minimum Gasteiger partial charge on any atom is -0.389 e. The van der Waals surface area contributed by atoms with Gasteiger partial charge in [0.1, 0.15) is 0 Å². The molecular weight excluding hydrogens is 198 g/mol. The van der Waals surface area contributed by atoms with E-state index in [0.29, 0.717) is 13.1 Å². The molecule has 0 amide bonds. The van der Waals surface area contributed by atoms with Gasteiger partial charge in [0.15, 0.2) is 5.96 Å². The molecule has 2 atom stereocenters. The molecule has 0 spiro atoms. The highest BCUT2D eigenvalue weighted by Crippen LogP contribution is 2.22. The van der Waals surface area contributed by atoms with Crippen LogP contribution in [0.3, 0.4) is 0 Å². The van der Waals surface area contributed by atoms with Gasteiger partial charge in [-0.1, -0.05) is 0 Å². The Morgan fingerprint density at radius 1 is 1.64 bits per heavy atom. The number of rotatable bonds is 2. The van der Waals surface area contributed by atoms with Gasteiger partial charge in [-0.3, -0.25) is 4.99 Å². The molecule has 14 heavy (non-hydrogen) atoms. The Bertz CT molecular complexity index is 216. The van der Waals surface area contributed by atoms with Gasteiger partial charge in [-0.15, -0.1) is 0 Å². The van der Waals surface area contributed by atoms with Gasteiger partial charge in [-0.05, 0) is 23.8 Å². The smallest absolute Gasteiger partial charge is 0.191 e. The van der Waals surface area contributed by atoms with Gasteiger partial charge < -0.3 is 15.7 Å². The second-order valence-corrected chi connectivity index (χ2v) is 4.98. The second-order valence-electron chi connectivity index (χ2n) is 3.83. The van der Waals surface area contributed by atoms with E-state index in [-0.39, 0.29) is 6.10 Å². The first-order chi connectivity index (χ1) is 6.84. The van der Waals surface area contributed by atoms with Gasteiger partial charge >= 0.3 is 0 Å². The van der Waals surface area contributed by atoms with E-state index in [9.17, 15) is 5.11 Å². The number of hydrogen-bond acceptors (Lipinski definition) is 5. The number of aliphatic hydroxyl groups excluding tert-OH is 1. The van der Waals surface area contributed by atoms with E-state index < -0.39 is 0 Å². The lowest BCUT2D eigenvalue weighted by molar-refractivity contribution is 0.180. The lowest BCUT2D eigenvalue weighted by Gasteiger charge is -2.21. The summed E-state index contributed by atoms with van der Waals surface area (Å²) in [4.78, 5) is 4.21. The summed E-state index contributed by atoms with van der Waals surface area (Å²) in [5, 5.41) is 15.6. The molecule has 1 saturated heterocycles. The third-order valence-electron chi connectivity index (χ3n) is 2.55. The summed E-state index contributed by atoms with van der Waals surface area (Å²) in [5.74, 6) is 4.21. The lowest BCUT2D eigenvalue weighted by Crippen LogP contribution is -2.47. The molecule has 0 aromatic rings. The summed E-state index contributed by atoms with van der Waals surface area (Å²) in [6, 6.07) is 0. The van der Waals surface area contributed by atoms with Crippen molar-refractivity contribution in [1.29, 1.82) is 0 Å². The Labute approximate surface area is 88.6 Å². The molecule has 2 aliphatic heterocycles. The van der Waals surface area contributed by atoms with Gasteiger partial charge in [-0.2, -0.15) is 11.8 Å². The highest BCUT2D eigenvalue weighted by molar-refractivity contribution is 7.99. The highest BCUT2D eigenvalue weighted by Gasteiger charge is 2.17. The van der Waals surface area contributed by atoms with E-state index in [2.05, 4.69) is 15.6 Å². The summed E-state index contributed by atoms with van der Waals surface area (Å²) in [6.07, 6.45) is 0.996. The number of thioether (sulfide) groups is 1. The van der Waals surface area contributed by atoms with Crippen LogP contribution in [-0.2, 0) is 0 Å². The van der Waals surface area contributed by atoms with Crippen LogP contribution < -0.4 is 10.6 Å². The van der Waals surface area contributed by atoms with Gasteiger partial charge in [0.25, 0.3) is 0 Å². The average molecular weight is 215 g/mol. The number of guanidine groups is 1. The van der Waals surface area contributed by atoms with Crippen molar-refractivity contribution >= 4 is 17.7 Å². The third kappa shape index (κ3) is 2.78. The molecule has 1 fully saturated rings. The topological polar surface area (TPSA) is 56.7 Å². The molecule has 2 aliphatic rings. The van der Waals surface area contributed by atoms with Crippen molar-refractivity contribution < 1.29 is 5.11 Å². The number of aliphatic imine (C=N–C) groups is 1. The quantitative estimate of drug-likeness (QED) is 0.589. The molecule has 5 heteroatoms. The van der Waals surface area contributed by atoms with E-state index in [1.807, 2.05) is 11.8 Å². The van der Waals surface area contributed by atoms with Crippen molar-refractivity contribution in [3.63, 3.8) is 0 Å². The highest BCUT2D eigenvalue weighted by atomic mass is 32.2. The van der Waals surface area contributed by atoms with Gasteiger partial charge in [0.05, 0.1) is 12.6 Å². The van der Waals surface area contributed by atoms with Crippen LogP contribution in [0, 0.1) is 5.92 Å². The van der Waals surface area contributed by atoms with Crippen LogP contribution in [0.2, 0.25) is 0 Å². The lowest BCUT2D eigenvalue weighted by atomic mass is 10.1. The maximum Gasteiger partial charge on any atom is 0.191 e. The van der Waals surface area contributed by atoms with E-state index in [4.69, 9.17) is 0 Å². The SMILES string of the molecule is OC1CN=C(NCC2CCSC2)NC1. The second kappa shape index (κ2) is 4.89. The zero-order valence-electron chi connectivity index (χ0n) is 8.20. The molecule has 80 valence electrons. The zero-order chi connectivity index (χ0) is 9.80. The number of hydrogen-bond donors (Lipinski definition) is 3. The van der Waals surface area contributed by atoms with Crippen LogP contribution in [-0.4, -0.2) is 48.3 Å². The molecular formula is C9H17N3OS. The van der Waals surface area contributed by atoms with Gasteiger partial charge in [-0.25, -0.2) is 0 Å². The molecule has 2 unspecified atom stereocenters. The Kier molecular flexibility index (Phi) is 3.53. The van der Waals surface area contributed by atoms with Crippen LogP contribution in [0.1, 0.15) is 6.42 Å². The first kappa shape index (κ1) is 10.1. The van der Waals surface area contributed by atoms with Crippen LogP contribution in [0.15, 0.2) is 4.99 Å². The Morgan fingerprint density at radius 2 is 2.57 bits per heavy atom. The van der Waals surface area contributed by atoms with Crippen molar-refractivity contribution in [3.8, 4) is 0 Å². The molecule has 2 heterocycles. The Balaban J connectivity index is 1.69. The summed E-state index contributed by atoms with van der Waals surface area (Å²) in [7, 11) is 0. The van der Waals surface area contributed by atoms with Gasteiger partial charge in [0, 0.05) is 13.1 Å². The third-order valence-corrected chi connectivity index (χ3v) is 3.78. The largest absolute Gasteiger partial charge is 0.389 e. The minimum atomic E-state index is -0.317. The van der Waals surface area contributed by atoms with Crippen molar-refractivity contribution in [2.45, 2.75) is 12.5 Å². The molecule has 2 rings (SSSR count). The Morgan fingerprint density at radius 3 is 3.21 bits per heavy atom. The monoisotopic (exact) mass is 215 g/mol. The molecule has 0 bridgehead atoms. The van der Waals surface area contributed by atoms with Crippen molar-refractivity contribution in [2.75, 3.05) is 31.1 Å². The Hall–Kier alpha value is -0.420. The molecule has 0 aromatic heterocycles. The summed E-state index contributed by atoms with van der Waals surface area (Å²) >= 11 is 2.03. The van der Waals surface area contributed by atoms with Crippen molar-refractivity contribution in [2.24, 2.45) is 10.9 Å². The van der Waals surface area contributed by atoms with Crippen LogP contribution in [0.5, 0.6) is 0 Å². The minimum absolute atomic E-state index is 0.317. The number of β-amino-alcohol motifs (C(OH)–C–C–N with tert-alkyl or cyclic N) is 1. The molecule has 3 N–H and O–H groups in total. The molecule has 0 saturated carbocycles. The maximum absolute atomic E-state index is 9.21. The van der Waals surface area contributed by atoms with Crippen molar-refractivity contribution in [3.05, 3.63) is 0 Å². The molecule has 4 nitrogen and oxygen atoms in total. The predicted octanol–water partition coefficient (Wildman–Crippen LogP) is -0.351. The average Bonchev–Trinajstić information content (AvgIpc) is 2.70. The van der Waals surface area contributed by atoms with E-state index in [1.165, 1.54) is 17.9 Å². The summed E-state index contributed by atoms with van der Waals surface area (Å²) in [6.45, 7) is 2.15. The predicted molar refractivity (Wildman–Crippen MR) is 59.7 cm³/mol. The van der Waals surface area contributed by atoms with Gasteiger partial charge in [0.2, 0.25) is 0 Å². The van der Waals surface area contributed by atoms with E-state index in [1.54, 1.807) is 0 Å². The van der Waals surface area contributed by atoms with Crippen LogP contribution >= 0.6 is 11.8 Å². The molecule has 0 aliphatic carbocycles. The number of nitrogens with one attached hydrogen (secondary N) is 2. The van der Waals surface area contributed by atoms with Crippen molar-refractivity contribution in [1.82, 2.24) is 10.6 Å². The van der Waals surface area contributed by atoms with Crippen LogP contribution in [0.25, 0.3) is 0 Å². The fraction of sp³-hybridized carbons (Fsp3) is 0.889. The fourth-order valence-electron chi connectivity index (χ4n) is 1.64. The fourth-order valence-corrected chi connectivity index (χ4v) is 2.92. The van der Waals surface area contributed by atoms with E-state index in [0.717, 1.165) is 18.4 Å². The number of aliphatic hydroxyl groups is 1. The first-order valence-electron chi connectivity index (χ1n) is 5.12. The molecule has 0 radical (unpaired) electrons. The standard InChI is InChI=1S/C9H17N3OS/c13-8-4-11-9(12-5-8)10-3-7-1-2-14-6-7/h7-8,13H,1-6H2,(H2,10,11,12). The zero-order valence-corrected chi connectivity index (χ0v) is 9.02. The summed E-state index contributed by atoms with van der Waals surface area (Å²) in [5.41, 5.74) is 0. The maximum atomic E-state index is 9.21. The first-order valence-corrected chi connectivity index (χ1v) is 6.28. The van der Waals surface area contributed by atoms with E-state index >= 15 is 0 Å². The molecule has 0 aromatic carbocycles. The van der Waals surface area contributed by atoms with Crippen LogP contribution in [0.4, 0.5) is 0 Å². The number of nitrogens with zero attached hydrogens (tertiary/aromatic N) is 1.